The van der Waals surface area contributed by atoms with Crippen LogP contribution in [-0.4, -0.2) is 6.04 Å². The molecule has 0 bridgehead atoms. The molecule has 0 heterocycles. The fraction of sp³-hybridized carbons (Fsp3) is 0.625. The van der Waals surface area contributed by atoms with Crippen LogP contribution in [0, 0.1) is 11.3 Å². The topological polar surface area (TPSA) is 21.3 Å². The Hall–Kier alpha value is -0.860. The van der Waals surface area contributed by atoms with Crippen LogP contribution < -0.4 is 5.48 Å². The molecule has 1 aliphatic carbocycles. The molecule has 1 saturated carbocycles. The van der Waals surface area contributed by atoms with Gasteiger partial charge in [0.25, 0.3) is 0 Å². The third kappa shape index (κ3) is 4.11. The van der Waals surface area contributed by atoms with Gasteiger partial charge in [0.2, 0.25) is 0 Å². The molecule has 2 unspecified atom stereocenters. The normalized spacial score (nSPS) is 27.1. The van der Waals surface area contributed by atoms with Crippen molar-refractivity contribution in [1.29, 1.82) is 0 Å². The van der Waals surface area contributed by atoms with Gasteiger partial charge in [0.05, 0.1) is 6.61 Å². The summed E-state index contributed by atoms with van der Waals surface area (Å²) in [5.74, 6) is 0.784. The average Bonchev–Trinajstić information content (AvgIpc) is 2.27. The smallest absolute Gasteiger partial charge is 0.0933 e. The first kappa shape index (κ1) is 13.6. The van der Waals surface area contributed by atoms with Gasteiger partial charge in [0.1, 0.15) is 0 Å². The SMILES string of the molecule is CC1CC(NOCc2ccccc2)CC(C)(C)C1. The third-order valence-corrected chi connectivity index (χ3v) is 3.72. The van der Waals surface area contributed by atoms with Crippen molar-refractivity contribution in [3.8, 4) is 0 Å². The highest BCUT2D eigenvalue weighted by atomic mass is 16.6. The Balaban J connectivity index is 1.76. The Morgan fingerprint density at radius 2 is 1.94 bits per heavy atom. The zero-order valence-electron chi connectivity index (χ0n) is 11.8. The molecule has 1 N–H and O–H groups in total. The molecule has 100 valence electrons. The lowest BCUT2D eigenvalue weighted by atomic mass is 9.71. The first-order chi connectivity index (χ1) is 8.55. The number of benzene rings is 1. The highest BCUT2D eigenvalue weighted by Crippen LogP contribution is 2.38. The molecular weight excluding hydrogens is 222 g/mol. The molecule has 2 rings (SSSR count). The van der Waals surface area contributed by atoms with Crippen molar-refractivity contribution in [2.45, 2.75) is 52.7 Å². The molecule has 1 aliphatic rings. The molecule has 18 heavy (non-hydrogen) atoms. The fourth-order valence-electron chi connectivity index (χ4n) is 3.25. The van der Waals surface area contributed by atoms with Gasteiger partial charge in [-0.3, -0.25) is 4.84 Å². The molecule has 0 spiro atoms. The summed E-state index contributed by atoms with van der Waals surface area (Å²) in [4.78, 5) is 5.65. The van der Waals surface area contributed by atoms with Crippen molar-refractivity contribution in [1.82, 2.24) is 5.48 Å². The second-order valence-electron chi connectivity index (χ2n) is 6.50. The predicted molar refractivity (Wildman–Crippen MR) is 75.0 cm³/mol. The van der Waals surface area contributed by atoms with Crippen molar-refractivity contribution in [2.75, 3.05) is 0 Å². The van der Waals surface area contributed by atoms with Crippen molar-refractivity contribution in [3.05, 3.63) is 35.9 Å². The maximum absolute atomic E-state index is 5.65. The molecule has 1 aromatic carbocycles. The molecule has 2 atom stereocenters. The third-order valence-electron chi connectivity index (χ3n) is 3.72. The van der Waals surface area contributed by atoms with Gasteiger partial charge >= 0.3 is 0 Å². The summed E-state index contributed by atoms with van der Waals surface area (Å²) in [5.41, 5.74) is 4.91. The molecule has 0 amide bonds. The number of hydroxylamine groups is 1. The molecule has 2 heteroatoms. The van der Waals surface area contributed by atoms with Crippen molar-refractivity contribution < 1.29 is 4.84 Å². The van der Waals surface area contributed by atoms with E-state index in [1.54, 1.807) is 0 Å². The van der Waals surface area contributed by atoms with E-state index in [4.69, 9.17) is 4.84 Å². The maximum atomic E-state index is 5.65. The highest BCUT2D eigenvalue weighted by molar-refractivity contribution is 5.13. The number of nitrogens with one attached hydrogen (secondary N) is 1. The quantitative estimate of drug-likeness (QED) is 0.814. The molecule has 0 aliphatic heterocycles. The predicted octanol–water partition coefficient (Wildman–Crippen LogP) is 3.92. The number of hydrogen-bond acceptors (Lipinski definition) is 2. The van der Waals surface area contributed by atoms with Gasteiger partial charge in [-0.15, -0.1) is 0 Å². The lowest BCUT2D eigenvalue weighted by Crippen LogP contribution is -2.40. The van der Waals surface area contributed by atoms with E-state index in [0.29, 0.717) is 18.1 Å². The van der Waals surface area contributed by atoms with Crippen LogP contribution in [0.2, 0.25) is 0 Å². The van der Waals surface area contributed by atoms with E-state index in [1.165, 1.54) is 24.8 Å². The van der Waals surface area contributed by atoms with Crippen LogP contribution in [0.4, 0.5) is 0 Å². The Morgan fingerprint density at radius 1 is 1.22 bits per heavy atom. The Bertz CT molecular complexity index is 361. The zero-order chi connectivity index (χ0) is 13.0. The molecular formula is C16H25NO. The lowest BCUT2D eigenvalue weighted by molar-refractivity contribution is -0.0252. The molecule has 0 aromatic heterocycles. The van der Waals surface area contributed by atoms with E-state index < -0.39 is 0 Å². The average molecular weight is 247 g/mol. The first-order valence-corrected chi connectivity index (χ1v) is 6.96. The summed E-state index contributed by atoms with van der Waals surface area (Å²) in [6.45, 7) is 7.70. The zero-order valence-corrected chi connectivity index (χ0v) is 11.8. The Labute approximate surface area is 111 Å². The van der Waals surface area contributed by atoms with Gasteiger partial charge in [0, 0.05) is 6.04 Å². The minimum absolute atomic E-state index is 0.436. The van der Waals surface area contributed by atoms with Crippen LogP contribution in [0.25, 0.3) is 0 Å². The fourth-order valence-corrected chi connectivity index (χ4v) is 3.25. The molecule has 1 fully saturated rings. The first-order valence-electron chi connectivity index (χ1n) is 6.96. The van der Waals surface area contributed by atoms with Crippen molar-refractivity contribution in [3.63, 3.8) is 0 Å². The van der Waals surface area contributed by atoms with Crippen LogP contribution >= 0.6 is 0 Å². The van der Waals surface area contributed by atoms with E-state index >= 15 is 0 Å². The van der Waals surface area contributed by atoms with Crippen LogP contribution in [0.1, 0.15) is 45.6 Å². The van der Waals surface area contributed by atoms with Crippen molar-refractivity contribution in [2.24, 2.45) is 11.3 Å². The van der Waals surface area contributed by atoms with E-state index in [9.17, 15) is 0 Å². The van der Waals surface area contributed by atoms with Crippen LogP contribution in [0.15, 0.2) is 30.3 Å². The molecule has 1 aromatic rings. The van der Waals surface area contributed by atoms with E-state index in [1.807, 2.05) is 18.2 Å². The van der Waals surface area contributed by atoms with Gasteiger partial charge in [-0.1, -0.05) is 51.1 Å². The van der Waals surface area contributed by atoms with E-state index in [2.05, 4.69) is 38.4 Å². The number of hydrogen-bond donors (Lipinski definition) is 1. The van der Waals surface area contributed by atoms with Crippen LogP contribution in [0.5, 0.6) is 0 Å². The summed E-state index contributed by atoms with van der Waals surface area (Å²) in [5, 5.41) is 0. The standard InChI is InChI=1S/C16H25NO/c1-13-9-15(11-16(2,3)10-13)17-18-12-14-7-5-4-6-8-14/h4-8,13,15,17H,9-12H2,1-3H3. The van der Waals surface area contributed by atoms with Crippen LogP contribution in [-0.2, 0) is 11.4 Å². The second-order valence-corrected chi connectivity index (χ2v) is 6.50. The van der Waals surface area contributed by atoms with Crippen LogP contribution in [0.3, 0.4) is 0 Å². The Morgan fingerprint density at radius 3 is 2.61 bits per heavy atom. The summed E-state index contributed by atoms with van der Waals surface area (Å²) < 4.78 is 0. The minimum atomic E-state index is 0.436. The molecule has 2 nitrogen and oxygen atoms in total. The summed E-state index contributed by atoms with van der Waals surface area (Å²) in [7, 11) is 0. The largest absolute Gasteiger partial charge is 0.297 e. The molecule has 0 radical (unpaired) electrons. The van der Waals surface area contributed by atoms with E-state index in [-0.39, 0.29) is 0 Å². The minimum Gasteiger partial charge on any atom is -0.297 e. The van der Waals surface area contributed by atoms with Gasteiger partial charge in [-0.05, 0) is 36.2 Å². The summed E-state index contributed by atoms with van der Waals surface area (Å²) >= 11 is 0. The Kier molecular flexibility index (Phi) is 4.41. The van der Waals surface area contributed by atoms with Gasteiger partial charge in [0.15, 0.2) is 0 Å². The molecule has 0 saturated heterocycles. The summed E-state index contributed by atoms with van der Waals surface area (Å²) in [6.07, 6.45) is 3.74. The van der Waals surface area contributed by atoms with Gasteiger partial charge in [-0.25, -0.2) is 0 Å². The number of rotatable bonds is 4. The lowest BCUT2D eigenvalue weighted by Gasteiger charge is -2.38. The van der Waals surface area contributed by atoms with Gasteiger partial charge in [-0.2, -0.15) is 5.48 Å². The summed E-state index contributed by atoms with van der Waals surface area (Å²) in [6, 6.07) is 10.8. The van der Waals surface area contributed by atoms with E-state index in [0.717, 1.165) is 5.92 Å². The van der Waals surface area contributed by atoms with Crippen molar-refractivity contribution >= 4 is 0 Å². The second kappa shape index (κ2) is 5.85. The monoisotopic (exact) mass is 247 g/mol. The highest BCUT2D eigenvalue weighted by Gasteiger charge is 2.31. The maximum Gasteiger partial charge on any atom is 0.0933 e. The van der Waals surface area contributed by atoms with Gasteiger partial charge < -0.3 is 0 Å².